The molecule has 0 spiro atoms. The first-order chi connectivity index (χ1) is 10.2. The number of hydrogen-bond donors (Lipinski definition) is 1. The van der Waals surface area contributed by atoms with Gasteiger partial charge in [0.2, 0.25) is 5.89 Å². The van der Waals surface area contributed by atoms with Crippen LogP contribution in [0.1, 0.15) is 56.8 Å². The molecule has 1 aliphatic heterocycles. The summed E-state index contributed by atoms with van der Waals surface area (Å²) in [6.07, 6.45) is 3.40. The lowest BCUT2D eigenvalue weighted by Crippen LogP contribution is -2.51. The fourth-order valence-corrected chi connectivity index (χ4v) is 3.07. The number of aliphatic hydroxyl groups is 1. The minimum atomic E-state index is 0.182. The van der Waals surface area contributed by atoms with Crippen molar-refractivity contribution in [1.29, 1.82) is 0 Å². The lowest BCUT2D eigenvalue weighted by Gasteiger charge is -2.39. The van der Waals surface area contributed by atoms with E-state index in [9.17, 15) is 5.11 Å². The third-order valence-corrected chi connectivity index (χ3v) is 4.85. The molecular formula is C15H26N4O2. The normalized spacial score (nSPS) is 24.1. The van der Waals surface area contributed by atoms with Crippen LogP contribution >= 0.6 is 0 Å². The lowest BCUT2D eigenvalue weighted by atomic mass is 10.1. The zero-order valence-electron chi connectivity index (χ0n) is 13.0. The average Bonchev–Trinajstić information content (AvgIpc) is 3.26. The van der Waals surface area contributed by atoms with Gasteiger partial charge in [-0.05, 0) is 26.2 Å². The number of aliphatic hydroxyl groups excluding tert-OH is 1. The van der Waals surface area contributed by atoms with Gasteiger partial charge in [-0.2, -0.15) is 4.98 Å². The first kappa shape index (κ1) is 14.9. The van der Waals surface area contributed by atoms with E-state index in [1.54, 1.807) is 0 Å². The summed E-state index contributed by atoms with van der Waals surface area (Å²) in [4.78, 5) is 9.34. The molecule has 1 saturated carbocycles. The van der Waals surface area contributed by atoms with Crippen LogP contribution in [0.2, 0.25) is 0 Å². The predicted octanol–water partition coefficient (Wildman–Crippen LogP) is 1.40. The molecular weight excluding hydrogens is 268 g/mol. The summed E-state index contributed by atoms with van der Waals surface area (Å²) in [5, 5.41) is 13.5. The van der Waals surface area contributed by atoms with E-state index in [4.69, 9.17) is 4.52 Å². The van der Waals surface area contributed by atoms with Crippen molar-refractivity contribution >= 4 is 0 Å². The molecule has 3 rings (SSSR count). The smallest absolute Gasteiger partial charge is 0.243 e. The van der Waals surface area contributed by atoms with Gasteiger partial charge in [-0.3, -0.25) is 9.80 Å². The molecule has 6 nitrogen and oxygen atoms in total. The minimum Gasteiger partial charge on any atom is -0.395 e. The summed E-state index contributed by atoms with van der Waals surface area (Å²) in [6.45, 7) is 8.48. The van der Waals surface area contributed by atoms with Gasteiger partial charge in [0.05, 0.1) is 12.6 Å². The summed E-state index contributed by atoms with van der Waals surface area (Å²) in [5.74, 6) is 2.18. The highest BCUT2D eigenvalue weighted by Crippen LogP contribution is 2.38. The Kier molecular flexibility index (Phi) is 4.57. The largest absolute Gasteiger partial charge is 0.395 e. The molecule has 0 bridgehead atoms. The molecule has 1 N–H and O–H groups in total. The lowest BCUT2D eigenvalue weighted by molar-refractivity contribution is 0.0422. The van der Waals surface area contributed by atoms with Crippen molar-refractivity contribution in [3.63, 3.8) is 0 Å². The van der Waals surface area contributed by atoms with E-state index < -0.39 is 0 Å². The highest BCUT2D eigenvalue weighted by atomic mass is 16.5. The van der Waals surface area contributed by atoms with E-state index in [-0.39, 0.29) is 12.6 Å². The maximum Gasteiger partial charge on any atom is 0.243 e. The summed E-state index contributed by atoms with van der Waals surface area (Å²) in [5.41, 5.74) is 0. The van der Waals surface area contributed by atoms with Crippen molar-refractivity contribution in [2.24, 2.45) is 0 Å². The van der Waals surface area contributed by atoms with Gasteiger partial charge in [-0.1, -0.05) is 12.1 Å². The van der Waals surface area contributed by atoms with E-state index in [0.29, 0.717) is 12.0 Å². The highest BCUT2D eigenvalue weighted by Gasteiger charge is 2.32. The van der Waals surface area contributed by atoms with Crippen LogP contribution in [-0.2, 0) is 0 Å². The molecule has 1 aliphatic carbocycles. The molecule has 1 saturated heterocycles. The van der Waals surface area contributed by atoms with E-state index in [2.05, 4.69) is 33.8 Å². The van der Waals surface area contributed by atoms with Crippen LogP contribution in [0, 0.1) is 0 Å². The SMILES string of the molecule is CCC(CO)N1CCN(C(C)c2nc(C3CC3)no2)CC1. The molecule has 0 aromatic carbocycles. The van der Waals surface area contributed by atoms with E-state index in [1.165, 1.54) is 12.8 Å². The van der Waals surface area contributed by atoms with Crippen molar-refractivity contribution in [2.45, 2.75) is 51.1 Å². The second-order valence-electron chi connectivity index (χ2n) is 6.26. The van der Waals surface area contributed by atoms with E-state index >= 15 is 0 Å². The predicted molar refractivity (Wildman–Crippen MR) is 79.0 cm³/mol. The van der Waals surface area contributed by atoms with Gasteiger partial charge in [0.15, 0.2) is 5.82 Å². The van der Waals surface area contributed by atoms with Gasteiger partial charge >= 0.3 is 0 Å². The van der Waals surface area contributed by atoms with Crippen molar-refractivity contribution in [3.8, 4) is 0 Å². The maximum absolute atomic E-state index is 9.40. The summed E-state index contributed by atoms with van der Waals surface area (Å²) < 4.78 is 5.44. The van der Waals surface area contributed by atoms with Crippen LogP contribution in [0.25, 0.3) is 0 Å². The second kappa shape index (κ2) is 6.42. The quantitative estimate of drug-likeness (QED) is 0.855. The molecule has 2 heterocycles. The number of piperazine rings is 1. The summed E-state index contributed by atoms with van der Waals surface area (Å²) >= 11 is 0. The molecule has 0 amide bonds. The van der Waals surface area contributed by atoms with Gasteiger partial charge in [0, 0.05) is 38.1 Å². The molecule has 2 unspecified atom stereocenters. The van der Waals surface area contributed by atoms with Crippen molar-refractivity contribution in [2.75, 3.05) is 32.8 Å². The maximum atomic E-state index is 9.40. The third-order valence-electron chi connectivity index (χ3n) is 4.85. The topological polar surface area (TPSA) is 65.6 Å². The van der Waals surface area contributed by atoms with Crippen LogP contribution < -0.4 is 0 Å². The zero-order chi connectivity index (χ0) is 14.8. The molecule has 6 heteroatoms. The third kappa shape index (κ3) is 3.27. The average molecular weight is 294 g/mol. The van der Waals surface area contributed by atoms with Gasteiger partial charge in [-0.25, -0.2) is 0 Å². The van der Waals surface area contributed by atoms with Crippen molar-refractivity contribution in [3.05, 3.63) is 11.7 Å². The Bertz CT molecular complexity index is 448. The van der Waals surface area contributed by atoms with Crippen molar-refractivity contribution < 1.29 is 9.63 Å². The zero-order valence-corrected chi connectivity index (χ0v) is 13.0. The standard InChI is InChI=1S/C15H26N4O2/c1-3-13(10-20)19-8-6-18(7-9-19)11(2)15-16-14(17-21-15)12-4-5-12/h11-13,20H,3-10H2,1-2H3. The Hall–Kier alpha value is -0.980. The Morgan fingerprint density at radius 3 is 2.48 bits per heavy atom. The van der Waals surface area contributed by atoms with Gasteiger partial charge in [-0.15, -0.1) is 0 Å². The number of aromatic nitrogens is 2. The van der Waals surface area contributed by atoms with Crippen molar-refractivity contribution in [1.82, 2.24) is 19.9 Å². The molecule has 1 aromatic rings. The molecule has 21 heavy (non-hydrogen) atoms. The molecule has 118 valence electrons. The monoisotopic (exact) mass is 294 g/mol. The number of nitrogens with zero attached hydrogens (tertiary/aromatic N) is 4. The van der Waals surface area contributed by atoms with Crippen LogP contribution in [-0.4, -0.2) is 63.9 Å². The van der Waals surface area contributed by atoms with Crippen LogP contribution in [0.15, 0.2) is 4.52 Å². The Labute approximate surface area is 126 Å². The van der Waals surface area contributed by atoms with Crippen LogP contribution in [0.3, 0.4) is 0 Å². The first-order valence-electron chi connectivity index (χ1n) is 8.15. The fourth-order valence-electron chi connectivity index (χ4n) is 3.07. The molecule has 1 aromatic heterocycles. The summed E-state index contributed by atoms with van der Waals surface area (Å²) in [6, 6.07) is 0.480. The van der Waals surface area contributed by atoms with Gasteiger partial charge in [0.25, 0.3) is 0 Å². The summed E-state index contributed by atoms with van der Waals surface area (Å²) in [7, 11) is 0. The Morgan fingerprint density at radius 1 is 1.24 bits per heavy atom. The fraction of sp³-hybridized carbons (Fsp3) is 0.867. The Morgan fingerprint density at radius 2 is 1.90 bits per heavy atom. The molecule has 2 fully saturated rings. The highest BCUT2D eigenvalue weighted by molar-refractivity contribution is 5.04. The molecule has 0 radical (unpaired) electrons. The van der Waals surface area contributed by atoms with E-state index in [0.717, 1.165) is 44.3 Å². The van der Waals surface area contributed by atoms with Gasteiger partial charge < -0.3 is 9.63 Å². The number of rotatable bonds is 6. The Balaban J connectivity index is 1.55. The van der Waals surface area contributed by atoms with Crippen LogP contribution in [0.5, 0.6) is 0 Å². The molecule has 2 atom stereocenters. The number of hydrogen-bond acceptors (Lipinski definition) is 6. The van der Waals surface area contributed by atoms with Crippen LogP contribution in [0.4, 0.5) is 0 Å². The van der Waals surface area contributed by atoms with Gasteiger partial charge in [0.1, 0.15) is 0 Å². The molecule has 2 aliphatic rings. The minimum absolute atomic E-state index is 0.182. The second-order valence-corrected chi connectivity index (χ2v) is 6.26. The first-order valence-corrected chi connectivity index (χ1v) is 8.15. The van der Waals surface area contributed by atoms with E-state index in [1.807, 2.05) is 0 Å².